The first-order valence-electron chi connectivity index (χ1n) is 6.68. The molecule has 0 aliphatic heterocycles. The molecule has 1 atom stereocenters. The van der Waals surface area contributed by atoms with E-state index in [1.807, 2.05) is 0 Å². The van der Waals surface area contributed by atoms with Crippen LogP contribution in [0.25, 0.3) is 0 Å². The summed E-state index contributed by atoms with van der Waals surface area (Å²) < 4.78 is 0. The summed E-state index contributed by atoms with van der Waals surface area (Å²) in [5, 5.41) is 38.0. The molecule has 8 nitrogen and oxygen atoms in total. The molecule has 1 rings (SSSR count). The van der Waals surface area contributed by atoms with Crippen molar-refractivity contribution in [2.24, 2.45) is 10.7 Å². The zero-order valence-corrected chi connectivity index (χ0v) is 12.2. The molecule has 0 saturated carbocycles. The Hall–Kier alpha value is -2.77. The SMILES string of the molecule is C/C(=N\C(CCCNC(=N)N)C(=O)O)c1cc(O)ccc1O. The molecular formula is C14H20N4O4. The first kappa shape index (κ1) is 17.3. The number of hydrogen-bond acceptors (Lipinski definition) is 5. The largest absolute Gasteiger partial charge is 0.508 e. The van der Waals surface area contributed by atoms with Crippen molar-refractivity contribution in [3.05, 3.63) is 23.8 Å². The van der Waals surface area contributed by atoms with Gasteiger partial charge in [-0.25, -0.2) is 4.79 Å². The maximum atomic E-state index is 11.2. The van der Waals surface area contributed by atoms with E-state index < -0.39 is 12.0 Å². The fourth-order valence-corrected chi connectivity index (χ4v) is 1.88. The lowest BCUT2D eigenvalue weighted by atomic mass is 10.1. The molecule has 8 heteroatoms. The van der Waals surface area contributed by atoms with Crippen molar-refractivity contribution in [1.82, 2.24) is 5.32 Å². The van der Waals surface area contributed by atoms with E-state index in [0.29, 0.717) is 18.7 Å². The number of aromatic hydroxyl groups is 2. The van der Waals surface area contributed by atoms with Gasteiger partial charge in [0, 0.05) is 17.8 Å². The van der Waals surface area contributed by atoms with E-state index in [0.717, 1.165) is 0 Å². The lowest BCUT2D eigenvalue weighted by molar-refractivity contribution is -0.138. The Morgan fingerprint density at radius 3 is 2.73 bits per heavy atom. The molecule has 0 amide bonds. The normalized spacial score (nSPS) is 12.7. The van der Waals surface area contributed by atoms with Crippen LogP contribution >= 0.6 is 0 Å². The van der Waals surface area contributed by atoms with Gasteiger partial charge in [0.25, 0.3) is 0 Å². The molecule has 0 heterocycles. The summed E-state index contributed by atoms with van der Waals surface area (Å²) in [7, 11) is 0. The second-order valence-corrected chi connectivity index (χ2v) is 4.75. The highest BCUT2D eigenvalue weighted by Crippen LogP contribution is 2.23. The summed E-state index contributed by atoms with van der Waals surface area (Å²) in [6, 6.07) is 2.99. The minimum Gasteiger partial charge on any atom is -0.508 e. The number of aliphatic carboxylic acids is 1. The van der Waals surface area contributed by atoms with Gasteiger partial charge in [-0.3, -0.25) is 10.4 Å². The summed E-state index contributed by atoms with van der Waals surface area (Å²) in [5.41, 5.74) is 5.74. The molecule has 7 N–H and O–H groups in total. The summed E-state index contributed by atoms with van der Waals surface area (Å²) in [4.78, 5) is 15.3. The van der Waals surface area contributed by atoms with Crippen LogP contribution in [-0.4, -0.2) is 45.5 Å². The average molecular weight is 308 g/mol. The van der Waals surface area contributed by atoms with E-state index in [-0.39, 0.29) is 29.4 Å². The number of nitrogens with zero attached hydrogens (tertiary/aromatic N) is 1. The Morgan fingerprint density at radius 1 is 1.45 bits per heavy atom. The van der Waals surface area contributed by atoms with Gasteiger partial charge in [-0.15, -0.1) is 0 Å². The number of carbonyl (C=O) groups is 1. The van der Waals surface area contributed by atoms with Gasteiger partial charge in [0.1, 0.15) is 17.5 Å². The Morgan fingerprint density at radius 2 is 2.14 bits per heavy atom. The van der Waals surface area contributed by atoms with Crippen molar-refractivity contribution >= 4 is 17.6 Å². The number of carboxylic acid groups (broad SMARTS) is 1. The minimum absolute atomic E-state index is 0.0418. The predicted molar refractivity (Wildman–Crippen MR) is 82.6 cm³/mol. The molecule has 1 aromatic carbocycles. The zero-order valence-electron chi connectivity index (χ0n) is 12.2. The maximum Gasteiger partial charge on any atom is 0.328 e. The van der Waals surface area contributed by atoms with Gasteiger partial charge in [0.15, 0.2) is 5.96 Å². The lowest BCUT2D eigenvalue weighted by Gasteiger charge is -2.11. The molecule has 0 saturated heterocycles. The molecule has 0 aliphatic carbocycles. The Bertz CT molecular complexity index is 586. The van der Waals surface area contributed by atoms with Crippen LogP contribution in [-0.2, 0) is 4.79 Å². The van der Waals surface area contributed by atoms with E-state index >= 15 is 0 Å². The molecule has 120 valence electrons. The highest BCUT2D eigenvalue weighted by molar-refractivity contribution is 6.02. The van der Waals surface area contributed by atoms with Crippen LogP contribution in [0.4, 0.5) is 0 Å². The van der Waals surface area contributed by atoms with Gasteiger partial charge in [0.2, 0.25) is 0 Å². The van der Waals surface area contributed by atoms with Crippen LogP contribution in [0.15, 0.2) is 23.2 Å². The van der Waals surface area contributed by atoms with Gasteiger partial charge < -0.3 is 26.4 Å². The Labute approximate surface area is 127 Å². The van der Waals surface area contributed by atoms with Gasteiger partial charge in [-0.1, -0.05) is 0 Å². The molecule has 22 heavy (non-hydrogen) atoms. The van der Waals surface area contributed by atoms with E-state index in [1.165, 1.54) is 18.2 Å². The van der Waals surface area contributed by atoms with Crippen molar-refractivity contribution in [3.8, 4) is 11.5 Å². The molecule has 1 unspecified atom stereocenters. The fraction of sp³-hybridized carbons (Fsp3) is 0.357. The van der Waals surface area contributed by atoms with Crippen LogP contribution in [0, 0.1) is 5.41 Å². The topological polar surface area (TPSA) is 152 Å². The first-order chi connectivity index (χ1) is 10.3. The van der Waals surface area contributed by atoms with Gasteiger partial charge >= 0.3 is 5.97 Å². The molecular weight excluding hydrogens is 288 g/mol. The molecule has 0 bridgehead atoms. The van der Waals surface area contributed by atoms with E-state index in [4.69, 9.17) is 11.1 Å². The van der Waals surface area contributed by atoms with E-state index in [9.17, 15) is 20.1 Å². The number of carboxylic acids is 1. The number of guanidine groups is 1. The van der Waals surface area contributed by atoms with Crippen molar-refractivity contribution < 1.29 is 20.1 Å². The third-order valence-electron chi connectivity index (χ3n) is 2.97. The fourth-order valence-electron chi connectivity index (χ4n) is 1.88. The second kappa shape index (κ2) is 7.87. The highest BCUT2D eigenvalue weighted by atomic mass is 16.4. The smallest absolute Gasteiger partial charge is 0.328 e. The zero-order chi connectivity index (χ0) is 16.7. The third-order valence-corrected chi connectivity index (χ3v) is 2.97. The van der Waals surface area contributed by atoms with Gasteiger partial charge in [0.05, 0.1) is 0 Å². The van der Waals surface area contributed by atoms with Crippen molar-refractivity contribution in [3.63, 3.8) is 0 Å². The van der Waals surface area contributed by atoms with Crippen molar-refractivity contribution in [2.45, 2.75) is 25.8 Å². The van der Waals surface area contributed by atoms with Crippen LogP contribution in [0.1, 0.15) is 25.3 Å². The first-order valence-corrected chi connectivity index (χ1v) is 6.68. The van der Waals surface area contributed by atoms with E-state index in [2.05, 4.69) is 10.3 Å². The standard InChI is InChI=1S/C14H20N4O4/c1-8(10-7-9(19)4-5-12(10)20)18-11(13(21)22)3-2-6-17-14(15)16/h4-5,7,11,19-20H,2-3,6H2,1H3,(H,21,22)(H4,15,16,17)/b18-8+. The minimum atomic E-state index is -1.08. The molecule has 0 aromatic heterocycles. The number of benzene rings is 1. The highest BCUT2D eigenvalue weighted by Gasteiger charge is 2.17. The molecule has 0 aliphatic rings. The van der Waals surface area contributed by atoms with E-state index in [1.54, 1.807) is 6.92 Å². The summed E-state index contributed by atoms with van der Waals surface area (Å²) in [5.74, 6) is -1.38. The van der Waals surface area contributed by atoms with Crippen molar-refractivity contribution in [2.75, 3.05) is 6.54 Å². The number of nitrogens with two attached hydrogens (primary N) is 1. The number of nitrogens with one attached hydrogen (secondary N) is 2. The lowest BCUT2D eigenvalue weighted by Crippen LogP contribution is -2.31. The van der Waals surface area contributed by atoms with Crippen molar-refractivity contribution in [1.29, 1.82) is 5.41 Å². The monoisotopic (exact) mass is 308 g/mol. The molecule has 0 radical (unpaired) electrons. The number of aliphatic imine (C=N–C) groups is 1. The summed E-state index contributed by atoms with van der Waals surface area (Å²) >= 11 is 0. The summed E-state index contributed by atoms with van der Waals surface area (Å²) in [6.45, 7) is 1.95. The van der Waals surface area contributed by atoms with Crippen LogP contribution in [0.3, 0.4) is 0 Å². The average Bonchev–Trinajstić information content (AvgIpc) is 2.44. The van der Waals surface area contributed by atoms with Gasteiger partial charge in [-0.05, 0) is 38.0 Å². The predicted octanol–water partition coefficient (Wildman–Crippen LogP) is 0.623. The molecule has 0 fully saturated rings. The Balaban J connectivity index is 2.81. The number of phenolic OH excluding ortho intramolecular Hbond substituents is 2. The number of hydrogen-bond donors (Lipinski definition) is 6. The molecule has 1 aromatic rings. The third kappa shape index (κ3) is 5.31. The summed E-state index contributed by atoms with van der Waals surface area (Å²) in [6.07, 6.45) is 0.728. The number of phenols is 2. The van der Waals surface area contributed by atoms with Gasteiger partial charge in [-0.2, -0.15) is 0 Å². The van der Waals surface area contributed by atoms with Crippen LogP contribution in [0.2, 0.25) is 0 Å². The molecule has 0 spiro atoms. The quantitative estimate of drug-likeness (QED) is 0.188. The van der Waals surface area contributed by atoms with Crippen LogP contribution < -0.4 is 11.1 Å². The van der Waals surface area contributed by atoms with Crippen LogP contribution in [0.5, 0.6) is 11.5 Å². The Kier molecular flexibility index (Phi) is 6.18. The maximum absolute atomic E-state index is 11.2. The number of rotatable bonds is 7. The second-order valence-electron chi connectivity index (χ2n) is 4.75.